The van der Waals surface area contributed by atoms with Crippen molar-refractivity contribution in [2.45, 2.75) is 11.3 Å². The highest BCUT2D eigenvalue weighted by atomic mass is 79.9. The molecule has 0 saturated carbocycles. The lowest BCUT2D eigenvalue weighted by atomic mass is 10.2. The van der Waals surface area contributed by atoms with Gasteiger partial charge in [-0.2, -0.15) is 0 Å². The lowest BCUT2D eigenvalue weighted by Crippen LogP contribution is -2.47. The van der Waals surface area contributed by atoms with Crippen molar-refractivity contribution < 1.29 is 13.2 Å². The highest BCUT2D eigenvalue weighted by Crippen LogP contribution is 2.42. The van der Waals surface area contributed by atoms with Crippen LogP contribution in [0.15, 0.2) is 21.5 Å². The molecule has 17 heavy (non-hydrogen) atoms. The molecule has 0 fully saturated rings. The van der Waals surface area contributed by atoms with Crippen LogP contribution in [0.5, 0.6) is 0 Å². The van der Waals surface area contributed by atoms with Crippen LogP contribution < -0.4 is 4.90 Å². The molecule has 1 aromatic rings. The minimum Gasteiger partial charge on any atom is -0.291 e. The molecular formula is C10H9BrN2O3S. The monoisotopic (exact) mass is 316 g/mol. The Bertz CT molecular complexity index is 641. The van der Waals surface area contributed by atoms with Crippen molar-refractivity contribution in [2.75, 3.05) is 18.5 Å². The molecule has 7 heteroatoms. The SMILES string of the molecule is CN1C(=O)N2CCc3cc(Br)cc(c32)S1(=O)=O. The van der Waals surface area contributed by atoms with Gasteiger partial charge in [0.15, 0.2) is 0 Å². The number of urea groups is 1. The predicted octanol–water partition coefficient (Wildman–Crippen LogP) is 1.57. The van der Waals surface area contributed by atoms with Crippen LogP contribution in [-0.2, 0) is 16.4 Å². The zero-order chi connectivity index (χ0) is 12.4. The van der Waals surface area contributed by atoms with E-state index in [0.29, 0.717) is 18.7 Å². The molecule has 90 valence electrons. The summed E-state index contributed by atoms with van der Waals surface area (Å²) in [6, 6.07) is 2.95. The van der Waals surface area contributed by atoms with Crippen LogP contribution in [0.2, 0.25) is 0 Å². The van der Waals surface area contributed by atoms with E-state index in [-0.39, 0.29) is 4.90 Å². The van der Waals surface area contributed by atoms with Crippen molar-refractivity contribution in [3.05, 3.63) is 22.2 Å². The number of anilines is 1. The van der Waals surface area contributed by atoms with Gasteiger partial charge in [0.25, 0.3) is 10.0 Å². The van der Waals surface area contributed by atoms with Crippen molar-refractivity contribution in [2.24, 2.45) is 0 Å². The van der Waals surface area contributed by atoms with E-state index in [1.54, 1.807) is 6.07 Å². The summed E-state index contributed by atoms with van der Waals surface area (Å²) in [5.41, 5.74) is 1.45. The first-order chi connectivity index (χ1) is 7.93. The first-order valence-corrected chi connectivity index (χ1v) is 7.29. The zero-order valence-corrected chi connectivity index (χ0v) is 11.4. The minimum atomic E-state index is -3.70. The highest BCUT2D eigenvalue weighted by Gasteiger charge is 2.42. The molecular weight excluding hydrogens is 308 g/mol. The Morgan fingerprint density at radius 1 is 1.35 bits per heavy atom. The van der Waals surface area contributed by atoms with E-state index >= 15 is 0 Å². The lowest BCUT2D eigenvalue weighted by molar-refractivity contribution is 0.233. The molecule has 0 saturated heterocycles. The summed E-state index contributed by atoms with van der Waals surface area (Å²) in [6.45, 7) is 0.539. The van der Waals surface area contributed by atoms with Crippen LogP contribution in [0.25, 0.3) is 0 Å². The Morgan fingerprint density at radius 3 is 2.76 bits per heavy atom. The van der Waals surface area contributed by atoms with Crippen LogP contribution in [0.4, 0.5) is 10.5 Å². The second-order valence-electron chi connectivity index (χ2n) is 4.07. The molecule has 0 bridgehead atoms. The Balaban J connectivity index is 2.41. The van der Waals surface area contributed by atoms with Crippen molar-refractivity contribution in [3.8, 4) is 0 Å². The topological polar surface area (TPSA) is 57.7 Å². The van der Waals surface area contributed by atoms with Crippen LogP contribution in [-0.4, -0.2) is 32.3 Å². The molecule has 1 aromatic carbocycles. The number of benzene rings is 1. The number of carbonyl (C=O) groups excluding carboxylic acids is 1. The third kappa shape index (κ3) is 1.29. The summed E-state index contributed by atoms with van der Waals surface area (Å²) in [6.07, 6.45) is 0.691. The summed E-state index contributed by atoms with van der Waals surface area (Å²) >= 11 is 3.30. The normalized spacial score (nSPS) is 20.7. The number of hydrogen-bond acceptors (Lipinski definition) is 3. The third-order valence-corrected chi connectivity index (χ3v) is 5.33. The molecule has 0 unspecified atom stereocenters. The second-order valence-corrected chi connectivity index (χ2v) is 6.92. The molecule has 5 nitrogen and oxygen atoms in total. The zero-order valence-electron chi connectivity index (χ0n) is 8.97. The van der Waals surface area contributed by atoms with Crippen molar-refractivity contribution >= 4 is 37.7 Å². The van der Waals surface area contributed by atoms with E-state index in [9.17, 15) is 13.2 Å². The summed E-state index contributed by atoms with van der Waals surface area (Å²) in [5, 5.41) is 0. The van der Waals surface area contributed by atoms with Gasteiger partial charge in [0, 0.05) is 18.1 Å². The van der Waals surface area contributed by atoms with E-state index in [1.165, 1.54) is 11.9 Å². The molecule has 0 aromatic heterocycles. The van der Waals surface area contributed by atoms with Gasteiger partial charge < -0.3 is 0 Å². The molecule has 0 radical (unpaired) electrons. The Kier molecular flexibility index (Phi) is 2.10. The Labute approximate surface area is 107 Å². The molecule has 0 spiro atoms. The van der Waals surface area contributed by atoms with Crippen LogP contribution >= 0.6 is 15.9 Å². The van der Waals surface area contributed by atoms with Gasteiger partial charge in [-0.05, 0) is 24.1 Å². The summed E-state index contributed by atoms with van der Waals surface area (Å²) in [7, 11) is -2.40. The van der Waals surface area contributed by atoms with Crippen LogP contribution in [0.3, 0.4) is 0 Å². The van der Waals surface area contributed by atoms with Gasteiger partial charge in [0.2, 0.25) is 0 Å². The quantitative estimate of drug-likeness (QED) is 0.730. The predicted molar refractivity (Wildman–Crippen MR) is 65.5 cm³/mol. The lowest BCUT2D eigenvalue weighted by Gasteiger charge is -2.31. The van der Waals surface area contributed by atoms with E-state index < -0.39 is 16.1 Å². The summed E-state index contributed by atoms with van der Waals surface area (Å²) in [4.78, 5) is 13.6. The van der Waals surface area contributed by atoms with Gasteiger partial charge >= 0.3 is 6.03 Å². The number of nitrogens with zero attached hydrogens (tertiary/aromatic N) is 2. The molecule has 0 aliphatic carbocycles. The molecule has 3 rings (SSSR count). The maximum Gasteiger partial charge on any atom is 0.338 e. The Hall–Kier alpha value is -1.08. The van der Waals surface area contributed by atoms with Crippen LogP contribution in [0.1, 0.15) is 5.56 Å². The average molecular weight is 317 g/mol. The average Bonchev–Trinajstić information content (AvgIpc) is 2.67. The Morgan fingerprint density at radius 2 is 2.06 bits per heavy atom. The minimum absolute atomic E-state index is 0.210. The van der Waals surface area contributed by atoms with E-state index in [4.69, 9.17) is 0 Å². The van der Waals surface area contributed by atoms with Gasteiger partial charge in [0.05, 0.1) is 5.69 Å². The van der Waals surface area contributed by atoms with Crippen molar-refractivity contribution in [1.82, 2.24) is 4.31 Å². The number of hydrogen-bond donors (Lipinski definition) is 0. The molecule has 2 amide bonds. The molecule has 2 aliphatic rings. The maximum atomic E-state index is 12.1. The molecule has 2 heterocycles. The standard InChI is InChI=1S/C10H9BrN2O3S/c1-12-10(14)13-3-2-6-4-7(11)5-8(9(6)13)17(12,15)16/h4-5H,2-3H2,1H3. The molecule has 2 aliphatic heterocycles. The largest absolute Gasteiger partial charge is 0.338 e. The van der Waals surface area contributed by atoms with Gasteiger partial charge in [-0.3, -0.25) is 4.90 Å². The van der Waals surface area contributed by atoms with E-state index in [2.05, 4.69) is 15.9 Å². The number of halogens is 1. The number of amides is 2. The fourth-order valence-corrected chi connectivity index (χ4v) is 4.30. The second kappa shape index (κ2) is 3.23. The van der Waals surface area contributed by atoms with Gasteiger partial charge in [-0.15, -0.1) is 0 Å². The number of carbonyl (C=O) groups is 1. The molecule has 0 atom stereocenters. The summed E-state index contributed by atoms with van der Waals surface area (Å²) in [5.74, 6) is 0. The van der Waals surface area contributed by atoms with E-state index in [1.807, 2.05) is 6.07 Å². The van der Waals surface area contributed by atoms with E-state index in [0.717, 1.165) is 14.3 Å². The first kappa shape index (κ1) is 11.0. The molecule has 0 N–H and O–H groups in total. The van der Waals surface area contributed by atoms with Gasteiger partial charge in [0.1, 0.15) is 4.90 Å². The van der Waals surface area contributed by atoms with Crippen LogP contribution in [0, 0.1) is 0 Å². The first-order valence-electron chi connectivity index (χ1n) is 5.06. The maximum absolute atomic E-state index is 12.1. The summed E-state index contributed by atoms with van der Waals surface area (Å²) < 4.78 is 25.8. The number of sulfonamides is 1. The van der Waals surface area contributed by atoms with Crippen molar-refractivity contribution in [3.63, 3.8) is 0 Å². The van der Waals surface area contributed by atoms with Gasteiger partial charge in [-0.1, -0.05) is 15.9 Å². The smallest absolute Gasteiger partial charge is 0.291 e. The highest BCUT2D eigenvalue weighted by molar-refractivity contribution is 9.10. The third-order valence-electron chi connectivity index (χ3n) is 3.13. The fraction of sp³-hybridized carbons (Fsp3) is 0.300. The number of rotatable bonds is 0. The fourth-order valence-electron chi connectivity index (χ4n) is 2.28. The van der Waals surface area contributed by atoms with Crippen molar-refractivity contribution in [1.29, 1.82) is 0 Å². The van der Waals surface area contributed by atoms with Gasteiger partial charge in [-0.25, -0.2) is 17.5 Å².